The van der Waals surface area contributed by atoms with E-state index in [9.17, 15) is 0 Å². The predicted octanol–water partition coefficient (Wildman–Crippen LogP) is 2.72. The van der Waals surface area contributed by atoms with Crippen LogP contribution in [0, 0.1) is 5.41 Å². The summed E-state index contributed by atoms with van der Waals surface area (Å²) in [5, 5.41) is 0.191. The van der Waals surface area contributed by atoms with Gasteiger partial charge in [-0.2, -0.15) is 0 Å². The molecule has 0 fully saturated rings. The molecule has 0 saturated heterocycles. The first kappa shape index (κ1) is 13.1. The van der Waals surface area contributed by atoms with Crippen LogP contribution in [0.2, 0.25) is 5.04 Å². The lowest BCUT2D eigenvalue weighted by molar-refractivity contribution is 0.169. The normalized spacial score (nSPS) is 17.5. The minimum Gasteiger partial charge on any atom is -0.400 e. The van der Waals surface area contributed by atoms with Gasteiger partial charge >= 0.3 is 9.28 Å². The van der Waals surface area contributed by atoms with E-state index in [0.29, 0.717) is 0 Å². The average molecular weight is 204 g/mol. The second-order valence-corrected chi connectivity index (χ2v) is 7.71. The Hall–Kier alpha value is 0.137. The van der Waals surface area contributed by atoms with E-state index >= 15 is 0 Å². The van der Waals surface area contributed by atoms with Crippen LogP contribution < -0.4 is 0 Å². The van der Waals surface area contributed by atoms with Gasteiger partial charge in [0.05, 0.1) is 0 Å². The van der Waals surface area contributed by atoms with Crippen LogP contribution in [0.25, 0.3) is 0 Å². The molecule has 3 heteroatoms. The van der Waals surface area contributed by atoms with E-state index in [1.165, 1.54) is 0 Å². The second-order valence-electron chi connectivity index (χ2n) is 4.82. The molecule has 0 radical (unpaired) electrons. The summed E-state index contributed by atoms with van der Waals surface area (Å²) in [6.07, 6.45) is 1.11. The fraction of sp³-hybridized carbons (Fsp3) is 1.00. The van der Waals surface area contributed by atoms with Gasteiger partial charge in [-0.25, -0.2) is 0 Å². The third kappa shape index (κ3) is 2.54. The molecule has 0 amide bonds. The van der Waals surface area contributed by atoms with Crippen molar-refractivity contribution in [3.8, 4) is 0 Å². The summed E-state index contributed by atoms with van der Waals surface area (Å²) in [5.41, 5.74) is 0.241. The Bertz CT molecular complexity index is 149. The summed E-state index contributed by atoms with van der Waals surface area (Å²) in [6.45, 7) is 11.3. The third-order valence-corrected chi connectivity index (χ3v) is 6.57. The van der Waals surface area contributed by atoms with Crippen molar-refractivity contribution >= 4 is 9.28 Å². The SMILES string of the molecule is CCC(C)([SiH](OC)OC)C(C)(C)C. The van der Waals surface area contributed by atoms with Crippen LogP contribution in [-0.2, 0) is 8.85 Å². The van der Waals surface area contributed by atoms with Crippen molar-refractivity contribution in [2.75, 3.05) is 14.2 Å². The lowest BCUT2D eigenvalue weighted by Gasteiger charge is -2.44. The van der Waals surface area contributed by atoms with Crippen molar-refractivity contribution < 1.29 is 8.85 Å². The highest BCUT2D eigenvalue weighted by Crippen LogP contribution is 2.50. The highest BCUT2D eigenvalue weighted by Gasteiger charge is 2.45. The van der Waals surface area contributed by atoms with Crippen LogP contribution in [0.1, 0.15) is 41.0 Å². The van der Waals surface area contributed by atoms with Gasteiger partial charge < -0.3 is 8.85 Å². The van der Waals surface area contributed by atoms with E-state index in [4.69, 9.17) is 8.85 Å². The maximum absolute atomic E-state index is 5.50. The van der Waals surface area contributed by atoms with Gasteiger partial charge in [-0.05, 0) is 11.8 Å². The first-order valence-corrected chi connectivity index (χ1v) is 6.41. The van der Waals surface area contributed by atoms with Gasteiger partial charge in [0.2, 0.25) is 0 Å². The summed E-state index contributed by atoms with van der Waals surface area (Å²) in [4.78, 5) is 0. The van der Waals surface area contributed by atoms with Crippen LogP contribution in [0.15, 0.2) is 0 Å². The van der Waals surface area contributed by atoms with Crippen LogP contribution >= 0.6 is 0 Å². The van der Waals surface area contributed by atoms with E-state index in [1.54, 1.807) is 14.2 Å². The van der Waals surface area contributed by atoms with Crippen LogP contribution in [0.3, 0.4) is 0 Å². The molecular formula is C10H24O2Si. The summed E-state index contributed by atoms with van der Waals surface area (Å²) in [7, 11) is 1.98. The van der Waals surface area contributed by atoms with E-state index in [0.717, 1.165) is 6.42 Å². The van der Waals surface area contributed by atoms with Crippen molar-refractivity contribution in [3.63, 3.8) is 0 Å². The van der Waals surface area contributed by atoms with E-state index in [-0.39, 0.29) is 10.5 Å². The molecule has 0 aromatic carbocycles. The number of hydrogen-bond donors (Lipinski definition) is 0. The molecule has 0 aliphatic carbocycles. The standard InChI is InChI=1S/C10H24O2Si/c1-8-10(5,9(2,3)4)13(11-6)12-7/h13H,8H2,1-7H3. The van der Waals surface area contributed by atoms with Gasteiger partial charge in [-0.15, -0.1) is 0 Å². The minimum absolute atomic E-state index is 0.191. The molecular weight excluding hydrogens is 180 g/mol. The quantitative estimate of drug-likeness (QED) is 0.656. The molecule has 0 bridgehead atoms. The van der Waals surface area contributed by atoms with Gasteiger partial charge in [0, 0.05) is 19.3 Å². The summed E-state index contributed by atoms with van der Waals surface area (Å²) in [5.74, 6) is 0. The fourth-order valence-corrected chi connectivity index (χ4v) is 3.94. The average Bonchev–Trinajstić information content (AvgIpc) is 2.04. The molecule has 1 unspecified atom stereocenters. The molecule has 0 rings (SSSR count). The maximum atomic E-state index is 5.50. The number of hydrogen-bond acceptors (Lipinski definition) is 2. The van der Waals surface area contributed by atoms with Crippen molar-refractivity contribution in [2.24, 2.45) is 5.41 Å². The topological polar surface area (TPSA) is 18.5 Å². The van der Waals surface area contributed by atoms with Gasteiger partial charge in [0.1, 0.15) is 0 Å². The van der Waals surface area contributed by atoms with Gasteiger partial charge in [0.15, 0.2) is 0 Å². The molecule has 0 saturated carbocycles. The predicted molar refractivity (Wildman–Crippen MR) is 59.3 cm³/mol. The Morgan fingerprint density at radius 3 is 1.46 bits per heavy atom. The zero-order valence-electron chi connectivity index (χ0n) is 10.1. The second kappa shape index (κ2) is 4.58. The Kier molecular flexibility index (Phi) is 4.62. The first-order chi connectivity index (χ1) is 5.83. The van der Waals surface area contributed by atoms with Gasteiger partial charge in [-0.1, -0.05) is 34.6 Å². The van der Waals surface area contributed by atoms with Crippen molar-refractivity contribution in [2.45, 2.75) is 46.1 Å². The van der Waals surface area contributed by atoms with E-state index in [2.05, 4.69) is 34.6 Å². The highest BCUT2D eigenvalue weighted by molar-refractivity contribution is 6.48. The molecule has 0 aliphatic rings. The Balaban J connectivity index is 4.80. The molecule has 2 nitrogen and oxygen atoms in total. The van der Waals surface area contributed by atoms with Gasteiger partial charge in [-0.3, -0.25) is 0 Å². The van der Waals surface area contributed by atoms with Crippen molar-refractivity contribution in [1.29, 1.82) is 0 Å². The summed E-state index contributed by atoms with van der Waals surface area (Å²) >= 11 is 0. The maximum Gasteiger partial charge on any atom is 0.327 e. The Labute approximate surface area is 84.5 Å². The van der Waals surface area contributed by atoms with E-state index in [1.807, 2.05) is 0 Å². The highest BCUT2D eigenvalue weighted by atomic mass is 28.3. The lowest BCUT2D eigenvalue weighted by Crippen LogP contribution is -2.43. The molecule has 0 aromatic heterocycles. The zero-order chi connectivity index (χ0) is 10.7. The molecule has 0 spiro atoms. The summed E-state index contributed by atoms with van der Waals surface area (Å²) < 4.78 is 11.0. The molecule has 0 heterocycles. The monoisotopic (exact) mass is 204 g/mol. The van der Waals surface area contributed by atoms with Crippen LogP contribution in [-0.4, -0.2) is 23.5 Å². The van der Waals surface area contributed by atoms with Gasteiger partial charge in [0.25, 0.3) is 0 Å². The smallest absolute Gasteiger partial charge is 0.327 e. The number of rotatable bonds is 4. The fourth-order valence-electron chi connectivity index (χ4n) is 1.67. The van der Waals surface area contributed by atoms with Crippen LogP contribution in [0.5, 0.6) is 0 Å². The first-order valence-electron chi connectivity index (χ1n) is 4.89. The molecule has 1 atom stereocenters. The largest absolute Gasteiger partial charge is 0.400 e. The third-order valence-electron chi connectivity index (χ3n) is 3.40. The van der Waals surface area contributed by atoms with Crippen molar-refractivity contribution in [3.05, 3.63) is 0 Å². The minimum atomic E-state index is -1.55. The van der Waals surface area contributed by atoms with E-state index < -0.39 is 9.28 Å². The molecule has 0 aliphatic heterocycles. The van der Waals surface area contributed by atoms with Crippen molar-refractivity contribution in [1.82, 2.24) is 0 Å². The molecule has 0 aromatic rings. The Morgan fingerprint density at radius 1 is 1.00 bits per heavy atom. The zero-order valence-corrected chi connectivity index (χ0v) is 11.3. The lowest BCUT2D eigenvalue weighted by atomic mass is 9.79. The van der Waals surface area contributed by atoms with Crippen LogP contribution in [0.4, 0.5) is 0 Å². The Morgan fingerprint density at radius 2 is 1.38 bits per heavy atom. The molecule has 0 N–H and O–H groups in total. The molecule has 13 heavy (non-hydrogen) atoms. The molecule has 80 valence electrons. The summed E-state index contributed by atoms with van der Waals surface area (Å²) in [6, 6.07) is 0.